The molecule has 0 aliphatic rings. The second kappa shape index (κ2) is 8.05. The van der Waals surface area contributed by atoms with E-state index in [2.05, 4.69) is 43.7 Å². The number of hydrogen-bond acceptors (Lipinski definition) is 4. The fourth-order valence-electron chi connectivity index (χ4n) is 3.07. The predicted octanol–water partition coefficient (Wildman–Crippen LogP) is 5.05. The lowest BCUT2D eigenvalue weighted by Gasteiger charge is -2.04. The molecule has 2 aromatic carbocycles. The van der Waals surface area contributed by atoms with Crippen molar-refractivity contribution in [2.75, 3.05) is 0 Å². The molecule has 0 spiro atoms. The second-order valence-electron chi connectivity index (χ2n) is 6.78. The van der Waals surface area contributed by atoms with Crippen LogP contribution in [-0.2, 0) is 0 Å². The highest BCUT2D eigenvalue weighted by atomic mass is 127. The summed E-state index contributed by atoms with van der Waals surface area (Å²) in [6.07, 6.45) is 1.60. The summed E-state index contributed by atoms with van der Waals surface area (Å²) >= 11 is 8.73. The van der Waals surface area contributed by atoms with Gasteiger partial charge in [0.05, 0.1) is 27.9 Å². The fraction of sp³-hybridized carbons (Fsp3) is 0.0909. The van der Waals surface area contributed by atoms with E-state index in [1.54, 1.807) is 22.9 Å². The third-order valence-corrected chi connectivity index (χ3v) is 5.69. The first-order valence-electron chi connectivity index (χ1n) is 9.01. The molecular formula is C22H15ClIN5O. The predicted molar refractivity (Wildman–Crippen MR) is 127 cm³/mol. The Balaban J connectivity index is 1.83. The molecule has 4 aromatic rings. The molecule has 0 bridgehead atoms. The third-order valence-electron chi connectivity index (χ3n) is 4.66. The lowest BCUT2D eigenvalue weighted by molar-refractivity contribution is 0.863. The monoisotopic (exact) mass is 527 g/mol. The molecule has 0 amide bonds. The molecule has 8 heteroatoms. The van der Waals surface area contributed by atoms with E-state index in [1.807, 2.05) is 44.2 Å². The van der Waals surface area contributed by atoms with Gasteiger partial charge in [-0.2, -0.15) is 10.4 Å². The third kappa shape index (κ3) is 3.76. The minimum absolute atomic E-state index is 0.190. The van der Waals surface area contributed by atoms with E-state index in [-0.39, 0.29) is 17.0 Å². The van der Waals surface area contributed by atoms with Crippen LogP contribution in [0.4, 0.5) is 0 Å². The van der Waals surface area contributed by atoms with Gasteiger partial charge in [-0.15, -0.1) is 0 Å². The van der Waals surface area contributed by atoms with Crippen LogP contribution in [0, 0.1) is 28.7 Å². The molecule has 30 heavy (non-hydrogen) atoms. The summed E-state index contributed by atoms with van der Waals surface area (Å²) in [5.41, 5.74) is 3.62. The maximum absolute atomic E-state index is 12.5. The molecule has 0 unspecified atom stereocenters. The summed E-state index contributed by atoms with van der Waals surface area (Å²) < 4.78 is 2.55. The zero-order chi connectivity index (χ0) is 21.4. The molecule has 0 fully saturated rings. The van der Waals surface area contributed by atoms with Gasteiger partial charge in [0.15, 0.2) is 5.82 Å². The number of fused-ring (bicyclic) bond motifs is 1. The number of nitrogens with zero attached hydrogens (tertiary/aromatic N) is 4. The molecular weight excluding hydrogens is 513 g/mol. The SMILES string of the molecule is Cc1ccc(-n2nc(C)c(C=C(C#N)c3nc4ccc(I)cc4c(=O)[nH]3)c2Cl)cc1. The van der Waals surface area contributed by atoms with Crippen LogP contribution in [0.15, 0.2) is 47.3 Å². The molecule has 2 aromatic heterocycles. The average Bonchev–Trinajstić information content (AvgIpc) is 3.00. The molecule has 0 aliphatic carbocycles. The first-order valence-corrected chi connectivity index (χ1v) is 10.5. The zero-order valence-corrected chi connectivity index (χ0v) is 19.0. The summed E-state index contributed by atoms with van der Waals surface area (Å²) in [5.74, 6) is 0.190. The Morgan fingerprint density at radius 3 is 2.67 bits per heavy atom. The van der Waals surface area contributed by atoms with Gasteiger partial charge in [-0.1, -0.05) is 29.3 Å². The van der Waals surface area contributed by atoms with Crippen molar-refractivity contribution in [3.05, 3.63) is 84.2 Å². The normalized spacial score (nSPS) is 11.6. The van der Waals surface area contributed by atoms with Crippen molar-refractivity contribution in [1.82, 2.24) is 19.7 Å². The van der Waals surface area contributed by atoms with E-state index in [1.165, 1.54) is 0 Å². The Labute approximate surface area is 191 Å². The maximum atomic E-state index is 12.5. The van der Waals surface area contributed by atoms with Gasteiger partial charge >= 0.3 is 0 Å². The highest BCUT2D eigenvalue weighted by Gasteiger charge is 2.16. The van der Waals surface area contributed by atoms with Crippen molar-refractivity contribution in [1.29, 1.82) is 5.26 Å². The number of hydrogen-bond donors (Lipinski definition) is 1. The van der Waals surface area contributed by atoms with Crippen LogP contribution in [0.25, 0.3) is 28.2 Å². The van der Waals surface area contributed by atoms with Crippen LogP contribution < -0.4 is 5.56 Å². The first-order chi connectivity index (χ1) is 14.4. The van der Waals surface area contributed by atoms with Crippen LogP contribution in [-0.4, -0.2) is 19.7 Å². The summed E-state index contributed by atoms with van der Waals surface area (Å²) in [6, 6.07) is 15.3. The van der Waals surface area contributed by atoms with Crippen LogP contribution in [0.2, 0.25) is 5.15 Å². The number of H-pyrrole nitrogens is 1. The van der Waals surface area contributed by atoms with Crippen molar-refractivity contribution in [2.45, 2.75) is 13.8 Å². The smallest absolute Gasteiger partial charge is 0.259 e. The summed E-state index contributed by atoms with van der Waals surface area (Å²) in [7, 11) is 0. The van der Waals surface area contributed by atoms with Crippen molar-refractivity contribution >= 4 is 56.7 Å². The Morgan fingerprint density at radius 2 is 1.97 bits per heavy atom. The molecule has 0 radical (unpaired) electrons. The number of halogens is 2. The van der Waals surface area contributed by atoms with Crippen molar-refractivity contribution in [2.24, 2.45) is 0 Å². The number of rotatable bonds is 3. The summed E-state index contributed by atoms with van der Waals surface area (Å²) in [4.78, 5) is 19.7. The minimum atomic E-state index is -0.298. The van der Waals surface area contributed by atoms with E-state index < -0.39 is 0 Å². The van der Waals surface area contributed by atoms with Crippen molar-refractivity contribution in [3.63, 3.8) is 0 Å². The molecule has 0 atom stereocenters. The van der Waals surface area contributed by atoms with E-state index in [0.29, 0.717) is 27.3 Å². The van der Waals surface area contributed by atoms with Gasteiger partial charge in [0, 0.05) is 9.13 Å². The maximum Gasteiger partial charge on any atom is 0.259 e. The molecule has 2 heterocycles. The van der Waals surface area contributed by atoms with Crippen LogP contribution in [0.5, 0.6) is 0 Å². The van der Waals surface area contributed by atoms with E-state index in [0.717, 1.165) is 14.8 Å². The fourth-order valence-corrected chi connectivity index (χ4v) is 3.89. The van der Waals surface area contributed by atoms with Gasteiger partial charge in [0.25, 0.3) is 5.56 Å². The standard InChI is InChI=1S/C22H15ClIN5O/c1-12-3-6-16(7-4-12)29-20(23)17(13(2)28-29)9-14(11-25)21-26-19-8-5-15(24)10-18(19)22(30)27-21/h3-10H,1-2H3,(H,26,27,30). The Morgan fingerprint density at radius 1 is 1.23 bits per heavy atom. The second-order valence-corrected chi connectivity index (χ2v) is 8.39. The topological polar surface area (TPSA) is 87.4 Å². The summed E-state index contributed by atoms with van der Waals surface area (Å²) in [6.45, 7) is 3.82. The van der Waals surface area contributed by atoms with Gasteiger partial charge in [0.1, 0.15) is 11.2 Å². The number of aromatic amines is 1. The number of nitriles is 1. The number of allylic oxidation sites excluding steroid dienone is 1. The van der Waals surface area contributed by atoms with E-state index >= 15 is 0 Å². The molecule has 0 saturated carbocycles. The Bertz CT molecular complexity index is 1410. The first kappa shape index (κ1) is 20.3. The van der Waals surface area contributed by atoms with Gasteiger partial charge in [-0.05, 0) is 72.8 Å². The van der Waals surface area contributed by atoms with Crippen LogP contribution in [0.3, 0.4) is 0 Å². The lowest BCUT2D eigenvalue weighted by atomic mass is 10.1. The van der Waals surface area contributed by atoms with Crippen LogP contribution >= 0.6 is 34.2 Å². The highest BCUT2D eigenvalue weighted by Crippen LogP contribution is 2.27. The average molecular weight is 528 g/mol. The van der Waals surface area contributed by atoms with E-state index in [9.17, 15) is 10.1 Å². The minimum Gasteiger partial charge on any atom is -0.305 e. The number of aryl methyl sites for hydroxylation is 2. The van der Waals surface area contributed by atoms with Crippen molar-refractivity contribution in [3.8, 4) is 11.8 Å². The Kier molecular flexibility index (Phi) is 5.45. The van der Waals surface area contributed by atoms with Gasteiger partial charge in [0.2, 0.25) is 0 Å². The molecule has 148 valence electrons. The largest absolute Gasteiger partial charge is 0.305 e. The van der Waals surface area contributed by atoms with Crippen LogP contribution in [0.1, 0.15) is 22.6 Å². The summed E-state index contributed by atoms with van der Waals surface area (Å²) in [5, 5.41) is 15.1. The van der Waals surface area contributed by atoms with E-state index in [4.69, 9.17) is 11.6 Å². The molecule has 4 rings (SSSR count). The highest BCUT2D eigenvalue weighted by molar-refractivity contribution is 14.1. The number of nitrogens with one attached hydrogen (secondary N) is 1. The zero-order valence-electron chi connectivity index (χ0n) is 16.1. The number of benzene rings is 2. The van der Waals surface area contributed by atoms with Crippen molar-refractivity contribution < 1.29 is 0 Å². The molecule has 6 nitrogen and oxygen atoms in total. The van der Waals surface area contributed by atoms with Gasteiger partial charge < -0.3 is 4.98 Å². The lowest BCUT2D eigenvalue weighted by Crippen LogP contribution is -2.11. The molecule has 1 N–H and O–H groups in total. The Hall–Kier alpha value is -2.96. The molecule has 0 saturated heterocycles. The molecule has 0 aliphatic heterocycles. The van der Waals surface area contributed by atoms with Gasteiger partial charge in [-0.3, -0.25) is 4.79 Å². The number of aromatic nitrogens is 4. The van der Waals surface area contributed by atoms with Gasteiger partial charge in [-0.25, -0.2) is 9.67 Å². The quantitative estimate of drug-likeness (QED) is 0.298.